The van der Waals surface area contributed by atoms with Crippen molar-refractivity contribution < 1.29 is 0 Å². The first-order valence-corrected chi connectivity index (χ1v) is 11.7. The van der Waals surface area contributed by atoms with Gasteiger partial charge in [-0.25, -0.2) is 0 Å². The molecule has 28 heavy (non-hydrogen) atoms. The molecule has 0 bridgehead atoms. The lowest BCUT2D eigenvalue weighted by Crippen LogP contribution is -2.28. The van der Waals surface area contributed by atoms with Crippen molar-refractivity contribution >= 4 is 28.2 Å². The van der Waals surface area contributed by atoms with Crippen LogP contribution >= 0.6 is 11.6 Å². The lowest BCUT2D eigenvalue weighted by Gasteiger charge is -2.24. The average molecular weight is 402 g/mol. The van der Waals surface area contributed by atoms with E-state index in [-0.39, 0.29) is 0 Å². The lowest BCUT2D eigenvalue weighted by atomic mass is 9.92. The van der Waals surface area contributed by atoms with E-state index in [1.165, 1.54) is 86.9 Å². The van der Waals surface area contributed by atoms with Gasteiger partial charge in [0, 0.05) is 28.3 Å². The van der Waals surface area contributed by atoms with Crippen molar-refractivity contribution in [3.63, 3.8) is 0 Å². The summed E-state index contributed by atoms with van der Waals surface area (Å²) in [4.78, 5) is 7.58. The van der Waals surface area contributed by atoms with Gasteiger partial charge in [0.15, 0.2) is 0 Å². The van der Waals surface area contributed by atoms with Crippen molar-refractivity contribution in [2.45, 2.75) is 71.6 Å². The number of aryl methyl sites for hydroxylation is 1. The number of benzene rings is 1. The van der Waals surface area contributed by atoms with Crippen molar-refractivity contribution in [2.75, 3.05) is 31.5 Å². The van der Waals surface area contributed by atoms with Gasteiger partial charge in [-0.3, -0.25) is 4.98 Å². The molecule has 1 aromatic carbocycles. The number of fused-ring (bicyclic) bond motifs is 2. The number of hydrogen-bond acceptors (Lipinski definition) is 3. The highest BCUT2D eigenvalue weighted by molar-refractivity contribution is 6.31. The molecule has 4 heteroatoms. The maximum Gasteiger partial charge on any atom is 0.0727 e. The Kier molecular flexibility index (Phi) is 8.42. The molecule has 1 aromatic heterocycles. The maximum atomic E-state index is 6.31. The molecule has 0 atom stereocenters. The summed E-state index contributed by atoms with van der Waals surface area (Å²) < 4.78 is 0. The minimum absolute atomic E-state index is 0.790. The zero-order valence-electron chi connectivity index (χ0n) is 17.7. The lowest BCUT2D eigenvalue weighted by molar-refractivity contribution is 0.264. The van der Waals surface area contributed by atoms with Gasteiger partial charge < -0.3 is 10.2 Å². The number of pyridine rings is 1. The van der Waals surface area contributed by atoms with Crippen LogP contribution in [0.3, 0.4) is 0 Å². The first-order chi connectivity index (χ1) is 13.7. The van der Waals surface area contributed by atoms with Gasteiger partial charge in [0.05, 0.1) is 5.52 Å². The van der Waals surface area contributed by atoms with Crippen LogP contribution in [0.2, 0.25) is 5.02 Å². The van der Waals surface area contributed by atoms with Gasteiger partial charge in [-0.15, -0.1) is 0 Å². The fourth-order valence-corrected chi connectivity index (χ4v) is 4.38. The highest BCUT2D eigenvalue weighted by atomic mass is 35.5. The molecule has 0 spiro atoms. The Labute approximate surface area is 175 Å². The van der Waals surface area contributed by atoms with E-state index >= 15 is 0 Å². The van der Waals surface area contributed by atoms with E-state index in [9.17, 15) is 0 Å². The third-order valence-corrected chi connectivity index (χ3v) is 6.07. The van der Waals surface area contributed by atoms with Crippen molar-refractivity contribution in [3.8, 4) is 0 Å². The van der Waals surface area contributed by atoms with Gasteiger partial charge in [-0.05, 0) is 88.3 Å². The number of halogens is 1. The number of rotatable bonds is 11. The van der Waals surface area contributed by atoms with Crippen LogP contribution in [0.4, 0.5) is 5.69 Å². The van der Waals surface area contributed by atoms with Gasteiger partial charge in [-0.2, -0.15) is 0 Å². The van der Waals surface area contributed by atoms with Crippen LogP contribution in [0.15, 0.2) is 18.2 Å². The zero-order valence-corrected chi connectivity index (χ0v) is 18.5. The third-order valence-electron chi connectivity index (χ3n) is 5.83. The Morgan fingerprint density at radius 1 is 1.00 bits per heavy atom. The van der Waals surface area contributed by atoms with E-state index < -0.39 is 0 Å². The van der Waals surface area contributed by atoms with Crippen LogP contribution < -0.4 is 5.32 Å². The van der Waals surface area contributed by atoms with E-state index in [1.807, 2.05) is 6.07 Å². The van der Waals surface area contributed by atoms with E-state index in [1.54, 1.807) is 0 Å². The Hall–Kier alpha value is -1.32. The Bertz CT molecular complexity index is 751. The largest absolute Gasteiger partial charge is 0.384 e. The summed E-state index contributed by atoms with van der Waals surface area (Å²) in [5.74, 6) is 0. The first-order valence-electron chi connectivity index (χ1n) is 11.3. The maximum absolute atomic E-state index is 6.31. The SMILES string of the molecule is CCCCN(CCCC)CCCNc1c2c(nc3ccc(Cl)cc13)CCCC2. The molecule has 3 nitrogen and oxygen atoms in total. The Morgan fingerprint density at radius 2 is 1.71 bits per heavy atom. The van der Waals surface area contributed by atoms with Gasteiger partial charge in [-0.1, -0.05) is 38.3 Å². The first kappa shape index (κ1) is 21.4. The summed E-state index contributed by atoms with van der Waals surface area (Å²) in [5, 5.41) is 5.76. The molecule has 0 amide bonds. The molecular weight excluding hydrogens is 366 g/mol. The smallest absolute Gasteiger partial charge is 0.0727 e. The number of anilines is 1. The van der Waals surface area contributed by atoms with Crippen LogP contribution in [-0.4, -0.2) is 36.1 Å². The molecule has 2 aromatic rings. The monoisotopic (exact) mass is 401 g/mol. The molecule has 3 rings (SSSR count). The Balaban J connectivity index is 1.68. The van der Waals surface area contributed by atoms with E-state index in [4.69, 9.17) is 16.6 Å². The molecule has 1 heterocycles. The molecule has 0 radical (unpaired) electrons. The van der Waals surface area contributed by atoms with E-state index in [2.05, 4.69) is 36.2 Å². The van der Waals surface area contributed by atoms with Gasteiger partial charge in [0.1, 0.15) is 0 Å². The fraction of sp³-hybridized carbons (Fsp3) is 0.625. The minimum atomic E-state index is 0.790. The van der Waals surface area contributed by atoms with E-state index in [0.717, 1.165) is 29.9 Å². The molecule has 0 unspecified atom stereocenters. The molecule has 1 aliphatic carbocycles. The zero-order chi connectivity index (χ0) is 19.8. The summed E-state index contributed by atoms with van der Waals surface area (Å²) >= 11 is 6.31. The summed E-state index contributed by atoms with van der Waals surface area (Å²) in [5.41, 5.74) is 5.07. The molecule has 0 fully saturated rings. The van der Waals surface area contributed by atoms with Gasteiger partial charge in [0.25, 0.3) is 0 Å². The average Bonchev–Trinajstić information content (AvgIpc) is 2.72. The van der Waals surface area contributed by atoms with Crippen molar-refractivity contribution in [1.29, 1.82) is 0 Å². The van der Waals surface area contributed by atoms with Crippen LogP contribution in [0, 0.1) is 0 Å². The molecular formula is C24H36ClN3. The van der Waals surface area contributed by atoms with Crippen molar-refractivity contribution in [2.24, 2.45) is 0 Å². The van der Waals surface area contributed by atoms with Crippen LogP contribution in [0.5, 0.6) is 0 Å². The predicted octanol–water partition coefficient (Wildman–Crippen LogP) is 6.47. The number of aromatic nitrogens is 1. The summed E-state index contributed by atoms with van der Waals surface area (Å²) in [6.45, 7) is 9.22. The van der Waals surface area contributed by atoms with Gasteiger partial charge >= 0.3 is 0 Å². The number of nitrogens with zero attached hydrogens (tertiary/aromatic N) is 2. The second-order valence-corrected chi connectivity index (χ2v) is 8.55. The second-order valence-electron chi connectivity index (χ2n) is 8.11. The fourth-order valence-electron chi connectivity index (χ4n) is 4.21. The number of hydrogen-bond donors (Lipinski definition) is 1. The van der Waals surface area contributed by atoms with Crippen molar-refractivity contribution in [1.82, 2.24) is 9.88 Å². The number of nitrogens with one attached hydrogen (secondary N) is 1. The molecule has 154 valence electrons. The molecule has 1 aliphatic rings. The summed E-state index contributed by atoms with van der Waals surface area (Å²) in [6, 6.07) is 6.10. The molecule has 0 aliphatic heterocycles. The predicted molar refractivity (Wildman–Crippen MR) is 123 cm³/mol. The van der Waals surface area contributed by atoms with E-state index in [0.29, 0.717) is 0 Å². The summed E-state index contributed by atoms with van der Waals surface area (Å²) in [6.07, 6.45) is 11.1. The summed E-state index contributed by atoms with van der Waals surface area (Å²) in [7, 11) is 0. The molecule has 1 N–H and O–H groups in total. The normalized spacial score (nSPS) is 13.9. The van der Waals surface area contributed by atoms with Gasteiger partial charge in [0.2, 0.25) is 0 Å². The van der Waals surface area contributed by atoms with Crippen molar-refractivity contribution in [3.05, 3.63) is 34.5 Å². The standard InChI is InChI=1S/C24H36ClN3/c1-3-5-15-28(16-6-4-2)17-9-14-26-24-20-10-7-8-11-22(20)27-23-13-12-19(25)18-21(23)24/h12-13,18H,3-11,14-17H2,1-2H3,(H,26,27). The number of unbranched alkanes of at least 4 members (excludes halogenated alkanes) is 2. The molecule has 0 saturated heterocycles. The second kappa shape index (κ2) is 11.0. The van der Waals surface area contributed by atoms with Crippen LogP contribution in [0.1, 0.15) is 70.1 Å². The highest BCUT2D eigenvalue weighted by Crippen LogP contribution is 2.34. The highest BCUT2D eigenvalue weighted by Gasteiger charge is 2.18. The molecule has 0 saturated carbocycles. The minimum Gasteiger partial charge on any atom is -0.384 e. The topological polar surface area (TPSA) is 28.2 Å². The van der Waals surface area contributed by atoms with Crippen LogP contribution in [0.25, 0.3) is 10.9 Å². The third kappa shape index (κ3) is 5.61. The van der Waals surface area contributed by atoms with Crippen LogP contribution in [-0.2, 0) is 12.8 Å². The Morgan fingerprint density at radius 3 is 2.46 bits per heavy atom. The quantitative estimate of drug-likeness (QED) is 0.437.